The van der Waals surface area contributed by atoms with E-state index in [1.165, 1.54) is 17.6 Å². The van der Waals surface area contributed by atoms with Gasteiger partial charge in [0.2, 0.25) is 0 Å². The second-order valence-corrected chi connectivity index (χ2v) is 8.73. The first-order chi connectivity index (χ1) is 11.7. The third-order valence-corrected chi connectivity index (χ3v) is 5.32. The molecular formula is C15H26N4O4S2. The van der Waals surface area contributed by atoms with Gasteiger partial charge in [0.1, 0.15) is 19.7 Å². The van der Waals surface area contributed by atoms with Crippen molar-refractivity contribution in [2.24, 2.45) is 4.99 Å². The number of ether oxygens (including phenoxy) is 1. The first-order valence-corrected chi connectivity index (χ1v) is 10.9. The summed E-state index contributed by atoms with van der Waals surface area (Å²) < 4.78 is 27.4. The number of hydrogen-bond acceptors (Lipinski definition) is 7. The average Bonchev–Trinajstić information content (AvgIpc) is 2.88. The highest BCUT2D eigenvalue weighted by Crippen LogP contribution is 2.24. The van der Waals surface area contributed by atoms with Crippen LogP contribution in [0.2, 0.25) is 0 Å². The molecule has 25 heavy (non-hydrogen) atoms. The number of hydrogen-bond donors (Lipinski definition) is 2. The molecule has 2 N–H and O–H groups in total. The molecule has 0 aliphatic carbocycles. The molecule has 0 fully saturated rings. The van der Waals surface area contributed by atoms with Crippen molar-refractivity contribution in [3.05, 3.63) is 15.6 Å². The molecule has 0 saturated heterocycles. The third kappa shape index (κ3) is 7.39. The topological polar surface area (TPSA) is 110 Å². The molecule has 0 spiro atoms. The van der Waals surface area contributed by atoms with E-state index in [2.05, 4.69) is 20.6 Å². The monoisotopic (exact) mass is 390 g/mol. The first-order valence-electron chi connectivity index (χ1n) is 8.04. The molecule has 0 aliphatic heterocycles. The molecule has 0 amide bonds. The van der Waals surface area contributed by atoms with Crippen LogP contribution in [0.3, 0.4) is 0 Å². The molecule has 0 radical (unpaired) electrons. The van der Waals surface area contributed by atoms with Crippen LogP contribution in [0.4, 0.5) is 0 Å². The number of guanidine groups is 1. The number of esters is 1. The van der Waals surface area contributed by atoms with Gasteiger partial charge in [-0.3, -0.25) is 4.99 Å². The summed E-state index contributed by atoms with van der Waals surface area (Å²) in [5.74, 6) is 0.121. The van der Waals surface area contributed by atoms with Crippen molar-refractivity contribution in [3.63, 3.8) is 0 Å². The van der Waals surface area contributed by atoms with Gasteiger partial charge in [0.15, 0.2) is 5.96 Å². The molecule has 8 nitrogen and oxygen atoms in total. The summed E-state index contributed by atoms with van der Waals surface area (Å²) in [7, 11) is -3.06. The van der Waals surface area contributed by atoms with E-state index in [0.29, 0.717) is 29.7 Å². The van der Waals surface area contributed by atoms with Gasteiger partial charge in [0.05, 0.1) is 30.6 Å². The molecule has 1 aromatic heterocycles. The fourth-order valence-corrected chi connectivity index (χ4v) is 3.28. The lowest BCUT2D eigenvalue weighted by Crippen LogP contribution is -2.39. The van der Waals surface area contributed by atoms with Crippen LogP contribution in [-0.2, 0) is 14.6 Å². The quantitative estimate of drug-likeness (QED) is 0.391. The van der Waals surface area contributed by atoms with E-state index in [9.17, 15) is 13.2 Å². The summed E-state index contributed by atoms with van der Waals surface area (Å²) in [6.07, 6.45) is 1.18. The summed E-state index contributed by atoms with van der Waals surface area (Å²) in [5, 5.41) is 6.97. The number of sulfone groups is 1. The van der Waals surface area contributed by atoms with Gasteiger partial charge in [-0.1, -0.05) is 0 Å². The lowest BCUT2D eigenvalue weighted by Gasteiger charge is -2.15. The van der Waals surface area contributed by atoms with E-state index < -0.39 is 9.84 Å². The van der Waals surface area contributed by atoms with E-state index in [4.69, 9.17) is 4.74 Å². The summed E-state index contributed by atoms with van der Waals surface area (Å²) in [6, 6.07) is -0.192. The van der Waals surface area contributed by atoms with Crippen LogP contribution < -0.4 is 10.6 Å². The summed E-state index contributed by atoms with van der Waals surface area (Å²) in [5.41, 5.74) is 0.631. The highest BCUT2D eigenvalue weighted by atomic mass is 32.2. The molecule has 1 heterocycles. The van der Waals surface area contributed by atoms with Gasteiger partial charge >= 0.3 is 5.97 Å². The van der Waals surface area contributed by atoms with Crippen LogP contribution in [-0.4, -0.2) is 57.0 Å². The molecule has 0 saturated carbocycles. The number of nitrogens with one attached hydrogen (secondary N) is 2. The summed E-state index contributed by atoms with van der Waals surface area (Å²) in [6.45, 7) is 8.48. The number of thiazole rings is 1. The van der Waals surface area contributed by atoms with Crippen molar-refractivity contribution in [1.29, 1.82) is 0 Å². The smallest absolute Gasteiger partial charge is 0.350 e. The zero-order valence-electron chi connectivity index (χ0n) is 15.2. The number of nitrogens with zero attached hydrogens (tertiary/aromatic N) is 2. The Kier molecular flexibility index (Phi) is 8.30. The second-order valence-electron chi connectivity index (χ2n) is 5.44. The lowest BCUT2D eigenvalue weighted by molar-refractivity contribution is 0.0531. The Hall–Kier alpha value is -1.68. The largest absolute Gasteiger partial charge is 0.462 e. The number of aryl methyl sites for hydroxylation is 1. The van der Waals surface area contributed by atoms with Gasteiger partial charge < -0.3 is 15.4 Å². The van der Waals surface area contributed by atoms with Gasteiger partial charge in [-0.25, -0.2) is 18.2 Å². The minimum atomic E-state index is -3.06. The van der Waals surface area contributed by atoms with E-state index in [-0.39, 0.29) is 24.3 Å². The second kappa shape index (κ2) is 9.71. The number of aliphatic imine (C=N–C) groups is 1. The summed E-state index contributed by atoms with van der Waals surface area (Å²) >= 11 is 1.28. The van der Waals surface area contributed by atoms with E-state index in [0.717, 1.165) is 5.01 Å². The Labute approximate surface area is 153 Å². The predicted molar refractivity (Wildman–Crippen MR) is 100 cm³/mol. The van der Waals surface area contributed by atoms with Crippen LogP contribution in [0.1, 0.15) is 47.2 Å². The molecule has 142 valence electrons. The third-order valence-electron chi connectivity index (χ3n) is 3.07. The van der Waals surface area contributed by atoms with Crippen molar-refractivity contribution < 1.29 is 17.9 Å². The number of carbonyl (C=O) groups excluding carboxylic acids is 1. The maximum atomic E-state index is 11.9. The standard InChI is InChI=1S/C15H26N4O4S2/c1-6-16-15(17-8-9-25(5,21)22)19-11(4)13-18-10(3)12(24-13)14(20)23-7-2/h11H,6-9H2,1-5H3,(H2,16,17,19). The Morgan fingerprint density at radius 2 is 2.08 bits per heavy atom. The van der Waals surface area contributed by atoms with Crippen molar-refractivity contribution in [3.8, 4) is 0 Å². The molecule has 1 atom stereocenters. The Balaban J connectivity index is 2.83. The molecule has 0 aliphatic rings. The highest BCUT2D eigenvalue weighted by Gasteiger charge is 2.20. The summed E-state index contributed by atoms with van der Waals surface area (Å²) in [4.78, 5) is 21.1. The SMILES string of the molecule is CCNC(=NCCS(C)(=O)=O)NC(C)c1nc(C)c(C(=O)OCC)s1. The van der Waals surface area contributed by atoms with Gasteiger partial charge in [-0.2, -0.15) is 0 Å². The van der Waals surface area contributed by atoms with Crippen molar-refractivity contribution in [1.82, 2.24) is 15.6 Å². The van der Waals surface area contributed by atoms with Crippen LogP contribution >= 0.6 is 11.3 Å². The molecule has 0 aromatic carbocycles. The molecular weight excluding hydrogens is 364 g/mol. The first kappa shape index (κ1) is 21.4. The number of rotatable bonds is 8. The van der Waals surface area contributed by atoms with Crippen LogP contribution in [0.15, 0.2) is 4.99 Å². The van der Waals surface area contributed by atoms with Gasteiger partial charge in [0, 0.05) is 12.8 Å². The molecule has 10 heteroatoms. The van der Waals surface area contributed by atoms with Crippen molar-refractivity contribution in [2.45, 2.75) is 33.7 Å². The molecule has 0 bridgehead atoms. The maximum absolute atomic E-state index is 11.9. The number of carbonyl (C=O) groups is 1. The highest BCUT2D eigenvalue weighted by molar-refractivity contribution is 7.90. The van der Waals surface area contributed by atoms with E-state index in [1.807, 2.05) is 13.8 Å². The zero-order chi connectivity index (χ0) is 19.0. The molecule has 1 rings (SSSR count). The average molecular weight is 391 g/mol. The zero-order valence-corrected chi connectivity index (χ0v) is 16.9. The Morgan fingerprint density at radius 3 is 2.64 bits per heavy atom. The van der Waals surface area contributed by atoms with E-state index >= 15 is 0 Å². The minimum absolute atomic E-state index is 0.0126. The van der Waals surface area contributed by atoms with Crippen molar-refractivity contribution in [2.75, 3.05) is 31.7 Å². The van der Waals surface area contributed by atoms with Crippen LogP contribution in [0.25, 0.3) is 0 Å². The predicted octanol–water partition coefficient (Wildman–Crippen LogP) is 1.29. The van der Waals surface area contributed by atoms with Gasteiger partial charge in [-0.05, 0) is 27.7 Å². The Morgan fingerprint density at radius 1 is 1.40 bits per heavy atom. The van der Waals surface area contributed by atoms with Crippen LogP contribution in [0.5, 0.6) is 0 Å². The normalized spacial score (nSPS) is 13.4. The molecule has 1 aromatic rings. The van der Waals surface area contributed by atoms with Gasteiger partial charge in [0.25, 0.3) is 0 Å². The van der Waals surface area contributed by atoms with Crippen molar-refractivity contribution >= 4 is 33.1 Å². The lowest BCUT2D eigenvalue weighted by atomic mass is 10.3. The van der Waals surface area contributed by atoms with Gasteiger partial charge in [-0.15, -0.1) is 11.3 Å². The van der Waals surface area contributed by atoms with E-state index in [1.54, 1.807) is 13.8 Å². The fourth-order valence-electron chi connectivity index (χ4n) is 1.90. The Bertz CT molecular complexity index is 713. The maximum Gasteiger partial charge on any atom is 0.350 e. The molecule has 1 unspecified atom stereocenters. The van der Waals surface area contributed by atoms with Crippen LogP contribution in [0, 0.1) is 6.92 Å². The fraction of sp³-hybridized carbons (Fsp3) is 0.667. The number of aromatic nitrogens is 1. The minimum Gasteiger partial charge on any atom is -0.462 e.